The van der Waals surface area contributed by atoms with Gasteiger partial charge in [0.15, 0.2) is 0 Å². The van der Waals surface area contributed by atoms with Crippen molar-refractivity contribution < 1.29 is 9.53 Å². The van der Waals surface area contributed by atoms with Gasteiger partial charge in [0.05, 0.1) is 5.56 Å². The number of aryl methyl sites for hydroxylation is 1. The highest BCUT2D eigenvalue weighted by Gasteiger charge is 2.13. The van der Waals surface area contributed by atoms with Gasteiger partial charge in [-0.15, -0.1) is 0 Å². The van der Waals surface area contributed by atoms with E-state index in [0.29, 0.717) is 12.2 Å². The van der Waals surface area contributed by atoms with Gasteiger partial charge in [0.25, 0.3) is 0 Å². The Morgan fingerprint density at radius 3 is 2.33 bits per heavy atom. The number of likely N-dealkylation sites (tertiary alicyclic amines) is 1. The Hall–Kier alpha value is -2.13. The smallest absolute Gasteiger partial charge is 0.338 e. The normalized spacial score (nSPS) is 15.2. The van der Waals surface area contributed by atoms with Crippen LogP contribution in [0.5, 0.6) is 0 Å². The van der Waals surface area contributed by atoms with Gasteiger partial charge in [0, 0.05) is 6.54 Å². The minimum Gasteiger partial charge on any atom is -0.457 e. The molecule has 0 radical (unpaired) electrons. The molecule has 1 heterocycles. The molecule has 1 aliphatic rings. The van der Waals surface area contributed by atoms with Crippen LogP contribution in [0.3, 0.4) is 0 Å². The maximum absolute atomic E-state index is 12.2. The zero-order valence-electron chi connectivity index (χ0n) is 14.3. The second kappa shape index (κ2) is 8.11. The van der Waals surface area contributed by atoms with Crippen LogP contribution in [0, 0.1) is 6.92 Å². The number of ether oxygens (including phenoxy) is 1. The van der Waals surface area contributed by atoms with Crippen LogP contribution in [-0.2, 0) is 17.9 Å². The van der Waals surface area contributed by atoms with E-state index in [1.54, 1.807) is 0 Å². The van der Waals surface area contributed by atoms with Crippen molar-refractivity contribution in [3.05, 3.63) is 70.8 Å². The van der Waals surface area contributed by atoms with E-state index in [0.717, 1.165) is 30.8 Å². The zero-order chi connectivity index (χ0) is 16.8. The van der Waals surface area contributed by atoms with Crippen LogP contribution in [0.25, 0.3) is 0 Å². The van der Waals surface area contributed by atoms with E-state index in [1.807, 2.05) is 37.3 Å². The maximum atomic E-state index is 12.2. The van der Waals surface area contributed by atoms with Crippen LogP contribution in [0.15, 0.2) is 48.5 Å². The summed E-state index contributed by atoms with van der Waals surface area (Å²) in [6, 6.07) is 15.8. The summed E-state index contributed by atoms with van der Waals surface area (Å²) < 4.78 is 5.53. The van der Waals surface area contributed by atoms with E-state index in [9.17, 15) is 4.79 Å². The fourth-order valence-corrected chi connectivity index (χ4v) is 3.13. The number of hydrogen-bond donors (Lipinski definition) is 0. The SMILES string of the molecule is Cc1ccc(C(=O)OCc2ccccc2CN2CCCCC2)cc1. The lowest BCUT2D eigenvalue weighted by molar-refractivity contribution is 0.0471. The molecule has 3 heteroatoms. The first-order valence-electron chi connectivity index (χ1n) is 8.75. The quantitative estimate of drug-likeness (QED) is 0.767. The van der Waals surface area contributed by atoms with Crippen molar-refractivity contribution in [2.75, 3.05) is 13.1 Å². The monoisotopic (exact) mass is 323 g/mol. The van der Waals surface area contributed by atoms with Crippen molar-refractivity contribution in [1.29, 1.82) is 0 Å². The number of hydrogen-bond acceptors (Lipinski definition) is 3. The van der Waals surface area contributed by atoms with E-state index in [1.165, 1.54) is 24.8 Å². The van der Waals surface area contributed by atoms with Gasteiger partial charge in [-0.3, -0.25) is 4.90 Å². The number of carbonyl (C=O) groups excluding carboxylic acids is 1. The van der Waals surface area contributed by atoms with Crippen LogP contribution in [-0.4, -0.2) is 24.0 Å². The molecule has 2 aromatic rings. The Kier molecular flexibility index (Phi) is 5.65. The summed E-state index contributed by atoms with van der Waals surface area (Å²) in [4.78, 5) is 14.7. The molecule has 1 saturated heterocycles. The highest BCUT2D eigenvalue weighted by molar-refractivity contribution is 5.89. The Morgan fingerprint density at radius 1 is 0.958 bits per heavy atom. The number of piperidine rings is 1. The second-order valence-corrected chi connectivity index (χ2v) is 6.55. The molecule has 126 valence electrons. The summed E-state index contributed by atoms with van der Waals surface area (Å²) in [6.07, 6.45) is 3.90. The molecule has 1 aliphatic heterocycles. The molecule has 0 aromatic heterocycles. The number of benzene rings is 2. The first kappa shape index (κ1) is 16.7. The molecular weight excluding hydrogens is 298 g/mol. The molecule has 0 N–H and O–H groups in total. The lowest BCUT2D eigenvalue weighted by Crippen LogP contribution is -2.29. The Bertz CT molecular complexity index is 672. The van der Waals surface area contributed by atoms with Crippen molar-refractivity contribution in [2.45, 2.75) is 39.3 Å². The first-order chi connectivity index (χ1) is 11.7. The summed E-state index contributed by atoms with van der Waals surface area (Å²) in [5.41, 5.74) is 4.10. The molecule has 0 aliphatic carbocycles. The molecule has 0 amide bonds. The largest absolute Gasteiger partial charge is 0.457 e. The van der Waals surface area contributed by atoms with Crippen LogP contribution in [0.2, 0.25) is 0 Å². The average molecular weight is 323 g/mol. The topological polar surface area (TPSA) is 29.5 Å². The minimum atomic E-state index is -0.261. The van der Waals surface area contributed by atoms with Gasteiger partial charge in [-0.2, -0.15) is 0 Å². The minimum absolute atomic E-state index is 0.261. The summed E-state index contributed by atoms with van der Waals surface area (Å²) in [5.74, 6) is -0.261. The van der Waals surface area contributed by atoms with Gasteiger partial charge in [-0.1, -0.05) is 48.4 Å². The predicted molar refractivity (Wildman–Crippen MR) is 95.9 cm³/mol. The molecule has 2 aromatic carbocycles. The van der Waals surface area contributed by atoms with E-state index in [4.69, 9.17) is 4.74 Å². The second-order valence-electron chi connectivity index (χ2n) is 6.55. The molecule has 0 saturated carbocycles. The molecule has 1 fully saturated rings. The first-order valence-corrected chi connectivity index (χ1v) is 8.75. The van der Waals surface area contributed by atoms with E-state index >= 15 is 0 Å². The summed E-state index contributed by atoms with van der Waals surface area (Å²) in [5, 5.41) is 0. The van der Waals surface area contributed by atoms with Crippen molar-refractivity contribution >= 4 is 5.97 Å². The Balaban J connectivity index is 1.62. The van der Waals surface area contributed by atoms with Crippen molar-refractivity contribution in [2.24, 2.45) is 0 Å². The molecule has 0 unspecified atom stereocenters. The Labute approximate surface area is 144 Å². The van der Waals surface area contributed by atoms with Gasteiger partial charge >= 0.3 is 5.97 Å². The average Bonchev–Trinajstić information content (AvgIpc) is 2.62. The molecule has 3 nitrogen and oxygen atoms in total. The summed E-state index contributed by atoms with van der Waals surface area (Å²) in [6.45, 7) is 5.61. The number of rotatable bonds is 5. The fourth-order valence-electron chi connectivity index (χ4n) is 3.13. The van der Waals surface area contributed by atoms with Crippen molar-refractivity contribution in [1.82, 2.24) is 4.90 Å². The molecular formula is C21H25NO2. The molecule has 0 bridgehead atoms. The van der Waals surface area contributed by atoms with E-state index in [-0.39, 0.29) is 5.97 Å². The highest BCUT2D eigenvalue weighted by Crippen LogP contribution is 2.17. The van der Waals surface area contributed by atoms with E-state index < -0.39 is 0 Å². The lowest BCUT2D eigenvalue weighted by Gasteiger charge is -2.27. The third kappa shape index (κ3) is 4.45. The number of esters is 1. The molecule has 3 rings (SSSR count). The van der Waals surface area contributed by atoms with Gasteiger partial charge in [-0.25, -0.2) is 4.79 Å². The molecule has 0 spiro atoms. The van der Waals surface area contributed by atoms with Crippen LogP contribution in [0.1, 0.15) is 46.3 Å². The van der Waals surface area contributed by atoms with Crippen molar-refractivity contribution in [3.63, 3.8) is 0 Å². The third-order valence-corrected chi connectivity index (χ3v) is 4.61. The Morgan fingerprint density at radius 2 is 1.62 bits per heavy atom. The van der Waals surface area contributed by atoms with Gasteiger partial charge in [0.2, 0.25) is 0 Å². The van der Waals surface area contributed by atoms with Gasteiger partial charge in [-0.05, 0) is 56.1 Å². The third-order valence-electron chi connectivity index (χ3n) is 4.61. The van der Waals surface area contributed by atoms with E-state index in [2.05, 4.69) is 23.1 Å². The number of carbonyl (C=O) groups is 1. The van der Waals surface area contributed by atoms with Crippen molar-refractivity contribution in [3.8, 4) is 0 Å². The van der Waals surface area contributed by atoms with Gasteiger partial charge in [0.1, 0.15) is 6.61 Å². The zero-order valence-corrected chi connectivity index (χ0v) is 14.3. The highest BCUT2D eigenvalue weighted by atomic mass is 16.5. The van der Waals surface area contributed by atoms with Crippen LogP contribution >= 0.6 is 0 Å². The van der Waals surface area contributed by atoms with Gasteiger partial charge < -0.3 is 4.74 Å². The summed E-state index contributed by atoms with van der Waals surface area (Å²) in [7, 11) is 0. The number of nitrogens with zero attached hydrogens (tertiary/aromatic N) is 1. The summed E-state index contributed by atoms with van der Waals surface area (Å²) >= 11 is 0. The molecule has 0 atom stereocenters. The lowest BCUT2D eigenvalue weighted by atomic mass is 10.1. The predicted octanol–water partition coefficient (Wildman–Crippen LogP) is 4.34. The van der Waals surface area contributed by atoms with Crippen LogP contribution < -0.4 is 0 Å². The van der Waals surface area contributed by atoms with Crippen LogP contribution in [0.4, 0.5) is 0 Å². The standard InChI is InChI=1S/C21H25NO2/c1-17-9-11-18(12-10-17)21(23)24-16-20-8-4-3-7-19(20)15-22-13-5-2-6-14-22/h3-4,7-12H,2,5-6,13-16H2,1H3. The molecule has 24 heavy (non-hydrogen) atoms. The fraction of sp³-hybridized carbons (Fsp3) is 0.381. The maximum Gasteiger partial charge on any atom is 0.338 e.